The minimum Gasteiger partial charge on any atom is -0.334 e. The van der Waals surface area contributed by atoms with Crippen LogP contribution in [0.25, 0.3) is 0 Å². The first-order valence-electron chi connectivity index (χ1n) is 9.33. The van der Waals surface area contributed by atoms with Crippen molar-refractivity contribution in [1.29, 1.82) is 0 Å². The first-order chi connectivity index (χ1) is 14.2. The Morgan fingerprint density at radius 1 is 1.03 bits per heavy atom. The molecule has 1 aromatic carbocycles. The van der Waals surface area contributed by atoms with Crippen molar-refractivity contribution in [3.8, 4) is 0 Å². The molecule has 1 aliphatic heterocycles. The maximum absolute atomic E-state index is 12.6. The Balaban J connectivity index is 1.54. The van der Waals surface area contributed by atoms with E-state index < -0.39 is 27.9 Å². The predicted molar refractivity (Wildman–Crippen MR) is 104 cm³/mol. The van der Waals surface area contributed by atoms with Crippen LogP contribution in [-0.2, 0) is 22.7 Å². The number of benzene rings is 1. The number of sulfonamides is 1. The molecule has 2 aromatic rings. The number of alkyl halides is 3. The third kappa shape index (κ3) is 5.48. The molecule has 0 saturated carbocycles. The van der Waals surface area contributed by atoms with Gasteiger partial charge in [-0.3, -0.25) is 4.98 Å². The van der Waals surface area contributed by atoms with Crippen molar-refractivity contribution in [2.45, 2.75) is 36.9 Å². The summed E-state index contributed by atoms with van der Waals surface area (Å²) in [6.07, 6.45) is -0.770. The van der Waals surface area contributed by atoms with E-state index in [0.29, 0.717) is 24.3 Å². The third-order valence-corrected chi connectivity index (χ3v) is 6.55. The third-order valence-electron chi connectivity index (χ3n) is 4.63. The molecule has 30 heavy (non-hydrogen) atoms. The summed E-state index contributed by atoms with van der Waals surface area (Å²) in [5, 5.41) is 5.05. The highest BCUT2D eigenvalue weighted by atomic mass is 32.2. The normalized spacial score (nSPS) is 15.6. The molecule has 1 aliphatic rings. The number of amides is 2. The first-order valence-corrected chi connectivity index (χ1v) is 10.8. The van der Waals surface area contributed by atoms with Crippen LogP contribution in [0.2, 0.25) is 0 Å². The number of pyridine rings is 1. The summed E-state index contributed by atoms with van der Waals surface area (Å²) in [6.45, 7) is 0.992. The maximum Gasteiger partial charge on any atom is 0.433 e. The van der Waals surface area contributed by atoms with Gasteiger partial charge in [0, 0.05) is 31.5 Å². The molecule has 7 nitrogen and oxygen atoms in total. The number of rotatable bonds is 5. The number of nitrogens with zero attached hydrogens (tertiary/aromatic N) is 2. The average Bonchev–Trinajstić information content (AvgIpc) is 2.73. The van der Waals surface area contributed by atoms with Crippen LogP contribution in [0.3, 0.4) is 0 Å². The van der Waals surface area contributed by atoms with Gasteiger partial charge in [-0.2, -0.15) is 17.5 Å². The van der Waals surface area contributed by atoms with Crippen LogP contribution in [-0.4, -0.2) is 36.8 Å². The van der Waals surface area contributed by atoms with E-state index in [1.807, 2.05) is 0 Å². The zero-order valence-corrected chi connectivity index (χ0v) is 16.8. The summed E-state index contributed by atoms with van der Waals surface area (Å²) in [5.74, 6) is 0. The summed E-state index contributed by atoms with van der Waals surface area (Å²) in [7, 11) is -3.55. The van der Waals surface area contributed by atoms with Crippen LogP contribution in [0.5, 0.6) is 0 Å². The lowest BCUT2D eigenvalue weighted by Gasteiger charge is -2.25. The Bertz CT molecular complexity index is 972. The molecule has 2 N–H and O–H groups in total. The first kappa shape index (κ1) is 22.0. The van der Waals surface area contributed by atoms with Crippen LogP contribution in [0.4, 0.5) is 23.7 Å². The number of piperidine rings is 1. The molecule has 11 heteroatoms. The number of urea groups is 1. The number of halogens is 3. The van der Waals surface area contributed by atoms with Crippen molar-refractivity contribution in [3.63, 3.8) is 0 Å². The number of hydrogen-bond acceptors (Lipinski definition) is 4. The van der Waals surface area contributed by atoms with Gasteiger partial charge in [0.25, 0.3) is 0 Å². The minimum absolute atomic E-state index is 0.0155. The zero-order valence-electron chi connectivity index (χ0n) is 15.9. The zero-order chi connectivity index (χ0) is 21.8. The number of aromatic nitrogens is 1. The molecule has 0 spiro atoms. The predicted octanol–water partition coefficient (Wildman–Crippen LogP) is 3.60. The van der Waals surface area contributed by atoms with E-state index in [-0.39, 0.29) is 11.4 Å². The largest absolute Gasteiger partial charge is 0.433 e. The van der Waals surface area contributed by atoms with Gasteiger partial charge in [0.1, 0.15) is 5.69 Å². The van der Waals surface area contributed by atoms with Crippen molar-refractivity contribution in [3.05, 3.63) is 53.9 Å². The number of hydrogen-bond donors (Lipinski definition) is 2. The van der Waals surface area contributed by atoms with Gasteiger partial charge in [0.05, 0.1) is 4.90 Å². The minimum atomic E-state index is -4.52. The Morgan fingerprint density at radius 2 is 1.70 bits per heavy atom. The summed E-state index contributed by atoms with van der Waals surface area (Å²) in [4.78, 5) is 15.5. The lowest BCUT2D eigenvalue weighted by Crippen LogP contribution is -2.35. The van der Waals surface area contributed by atoms with Crippen molar-refractivity contribution in [2.24, 2.45) is 0 Å². The second kappa shape index (κ2) is 9.00. The quantitative estimate of drug-likeness (QED) is 0.740. The fraction of sp³-hybridized carbons (Fsp3) is 0.368. The van der Waals surface area contributed by atoms with Crippen LogP contribution >= 0.6 is 0 Å². The summed E-state index contributed by atoms with van der Waals surface area (Å²) >= 11 is 0. The van der Waals surface area contributed by atoms with Crippen molar-refractivity contribution >= 4 is 21.7 Å². The molecular weight excluding hydrogens is 421 g/mol. The van der Waals surface area contributed by atoms with Gasteiger partial charge in [0.15, 0.2) is 0 Å². The van der Waals surface area contributed by atoms with E-state index in [0.717, 1.165) is 31.5 Å². The Labute approximate surface area is 172 Å². The summed E-state index contributed by atoms with van der Waals surface area (Å²) in [6, 6.07) is 7.32. The molecule has 0 atom stereocenters. The number of carbonyl (C=O) groups is 1. The molecule has 2 amide bonds. The maximum atomic E-state index is 12.6. The molecule has 1 fully saturated rings. The second-order valence-electron chi connectivity index (χ2n) is 6.85. The molecule has 3 rings (SSSR count). The molecule has 1 aromatic heterocycles. The van der Waals surface area contributed by atoms with E-state index in [9.17, 15) is 26.4 Å². The van der Waals surface area contributed by atoms with Crippen LogP contribution in [0, 0.1) is 0 Å². The van der Waals surface area contributed by atoms with Crippen LogP contribution < -0.4 is 10.6 Å². The number of carbonyl (C=O) groups excluding carboxylic acids is 1. The van der Waals surface area contributed by atoms with Gasteiger partial charge in [0.2, 0.25) is 10.0 Å². The van der Waals surface area contributed by atoms with Gasteiger partial charge in [-0.15, -0.1) is 0 Å². The molecule has 162 valence electrons. The number of anilines is 1. The SMILES string of the molecule is O=C(NCc1ccc(C(F)(F)F)nc1)Nc1ccc(S(=O)(=O)N2CCCCC2)cc1. The topological polar surface area (TPSA) is 91.4 Å². The van der Waals surface area contributed by atoms with Gasteiger partial charge in [-0.25, -0.2) is 13.2 Å². The van der Waals surface area contributed by atoms with Crippen molar-refractivity contribution in [2.75, 3.05) is 18.4 Å². The van der Waals surface area contributed by atoms with Gasteiger partial charge < -0.3 is 10.6 Å². The molecular formula is C19H21F3N4O3S. The van der Waals surface area contributed by atoms with E-state index in [2.05, 4.69) is 15.6 Å². The average molecular weight is 442 g/mol. The second-order valence-corrected chi connectivity index (χ2v) is 8.78. The Kier molecular flexibility index (Phi) is 6.61. The highest BCUT2D eigenvalue weighted by molar-refractivity contribution is 7.89. The molecule has 0 aliphatic carbocycles. The highest BCUT2D eigenvalue weighted by Gasteiger charge is 2.32. The smallest absolute Gasteiger partial charge is 0.334 e. The van der Waals surface area contributed by atoms with Gasteiger partial charge in [-0.1, -0.05) is 12.5 Å². The van der Waals surface area contributed by atoms with Crippen molar-refractivity contribution < 1.29 is 26.4 Å². The standard InChI is InChI=1S/C19H21F3N4O3S/c20-19(21,22)17-9-4-14(12-23-17)13-24-18(27)25-15-5-7-16(8-6-15)30(28,29)26-10-2-1-3-11-26/h4-9,12H,1-3,10-11,13H2,(H2,24,25,27). The van der Waals surface area contributed by atoms with Crippen molar-refractivity contribution in [1.82, 2.24) is 14.6 Å². The van der Waals surface area contributed by atoms with Gasteiger partial charge >= 0.3 is 12.2 Å². The lowest BCUT2D eigenvalue weighted by atomic mass is 10.2. The van der Waals surface area contributed by atoms with E-state index in [1.54, 1.807) is 0 Å². The fourth-order valence-electron chi connectivity index (χ4n) is 3.02. The number of nitrogens with one attached hydrogen (secondary N) is 2. The van der Waals surface area contributed by atoms with E-state index in [1.165, 1.54) is 34.6 Å². The van der Waals surface area contributed by atoms with Gasteiger partial charge in [-0.05, 0) is 48.7 Å². The summed E-state index contributed by atoms with van der Waals surface area (Å²) in [5.41, 5.74) is -0.216. The monoisotopic (exact) mass is 442 g/mol. The van der Waals surface area contributed by atoms with Crippen LogP contribution in [0.15, 0.2) is 47.5 Å². The molecule has 0 unspecified atom stereocenters. The molecule has 0 radical (unpaired) electrons. The molecule has 2 heterocycles. The Morgan fingerprint density at radius 3 is 2.27 bits per heavy atom. The summed E-state index contributed by atoms with van der Waals surface area (Å²) < 4.78 is 64.2. The highest BCUT2D eigenvalue weighted by Crippen LogP contribution is 2.27. The van der Waals surface area contributed by atoms with E-state index in [4.69, 9.17) is 0 Å². The fourth-order valence-corrected chi connectivity index (χ4v) is 4.54. The molecule has 1 saturated heterocycles. The van der Waals surface area contributed by atoms with E-state index >= 15 is 0 Å². The Hall–Kier alpha value is -2.66. The molecule has 0 bridgehead atoms. The lowest BCUT2D eigenvalue weighted by molar-refractivity contribution is -0.141. The van der Waals surface area contributed by atoms with Crippen LogP contribution in [0.1, 0.15) is 30.5 Å².